The fraction of sp³-hybridized carbons (Fsp3) is 0.576. The van der Waals surface area contributed by atoms with Gasteiger partial charge in [0.25, 0.3) is 0 Å². The minimum Gasteiger partial charge on any atom is -0.381 e. The van der Waals surface area contributed by atoms with E-state index in [-0.39, 0.29) is 5.92 Å². The van der Waals surface area contributed by atoms with Gasteiger partial charge < -0.3 is 24.8 Å². The minimum absolute atomic E-state index is 0.111. The molecule has 4 aliphatic rings. The van der Waals surface area contributed by atoms with Crippen LogP contribution in [0.1, 0.15) is 51.4 Å². The number of amides is 1. The maximum atomic E-state index is 13.5. The number of nitrogens with zero attached hydrogens (tertiary/aromatic N) is 6. The molecular formula is C33H43N7O2. The fourth-order valence-electron chi connectivity index (χ4n) is 7.34. The van der Waals surface area contributed by atoms with Crippen molar-refractivity contribution in [3.63, 3.8) is 0 Å². The first-order valence-electron chi connectivity index (χ1n) is 16.0. The first kappa shape index (κ1) is 27.5. The van der Waals surface area contributed by atoms with E-state index in [9.17, 15) is 4.79 Å². The van der Waals surface area contributed by atoms with Crippen LogP contribution >= 0.6 is 0 Å². The van der Waals surface area contributed by atoms with Crippen LogP contribution in [0.3, 0.4) is 0 Å². The lowest BCUT2D eigenvalue weighted by molar-refractivity contribution is -0.137. The van der Waals surface area contributed by atoms with Gasteiger partial charge in [0.05, 0.1) is 5.69 Å². The molecule has 0 aromatic carbocycles. The smallest absolute Gasteiger partial charge is 0.225 e. The summed E-state index contributed by atoms with van der Waals surface area (Å²) in [5, 5.41) is 5.77. The predicted molar refractivity (Wildman–Crippen MR) is 166 cm³/mol. The summed E-state index contributed by atoms with van der Waals surface area (Å²) in [7, 11) is 0. The van der Waals surface area contributed by atoms with Crippen molar-refractivity contribution in [1.82, 2.24) is 24.8 Å². The molecule has 7 heterocycles. The number of likely N-dealkylation sites (tertiary alicyclic amines) is 2. The second kappa shape index (κ2) is 12.5. The van der Waals surface area contributed by atoms with Crippen LogP contribution in [0, 0.1) is 5.92 Å². The molecule has 0 spiro atoms. The van der Waals surface area contributed by atoms with Crippen molar-refractivity contribution in [2.24, 2.45) is 5.92 Å². The van der Waals surface area contributed by atoms with Crippen LogP contribution in [-0.4, -0.2) is 95.2 Å². The summed E-state index contributed by atoms with van der Waals surface area (Å²) in [6.45, 7) is 7.57. The van der Waals surface area contributed by atoms with Crippen molar-refractivity contribution >= 4 is 28.3 Å². The van der Waals surface area contributed by atoms with Gasteiger partial charge in [-0.25, -0.2) is 9.97 Å². The Kier molecular flexibility index (Phi) is 8.20. The van der Waals surface area contributed by atoms with Crippen LogP contribution < -0.4 is 10.2 Å². The highest BCUT2D eigenvalue weighted by atomic mass is 16.5. The SMILES string of the molecule is O=C(C1CCN(c2nc(-c3ccnc(NC4CCOCC4)c3)cc3cnccc23)CC1)N1CCC(N2CCCC2)CC1. The van der Waals surface area contributed by atoms with Gasteiger partial charge in [0.1, 0.15) is 11.6 Å². The molecule has 1 N–H and O–H groups in total. The van der Waals surface area contributed by atoms with Crippen molar-refractivity contribution in [2.75, 3.05) is 62.7 Å². The number of hydrogen-bond acceptors (Lipinski definition) is 8. The topological polar surface area (TPSA) is 86.7 Å². The number of aromatic nitrogens is 3. The molecule has 4 saturated heterocycles. The quantitative estimate of drug-likeness (QED) is 0.462. The van der Waals surface area contributed by atoms with E-state index in [2.05, 4.69) is 48.2 Å². The molecule has 4 fully saturated rings. The summed E-state index contributed by atoms with van der Waals surface area (Å²) < 4.78 is 5.51. The Morgan fingerprint density at radius 2 is 1.67 bits per heavy atom. The van der Waals surface area contributed by atoms with E-state index >= 15 is 0 Å². The summed E-state index contributed by atoms with van der Waals surface area (Å²) >= 11 is 0. The summed E-state index contributed by atoms with van der Waals surface area (Å²) in [6.07, 6.45) is 14.3. The highest BCUT2D eigenvalue weighted by Gasteiger charge is 2.33. The van der Waals surface area contributed by atoms with Crippen LogP contribution in [-0.2, 0) is 9.53 Å². The number of hydrogen-bond donors (Lipinski definition) is 1. The summed E-state index contributed by atoms with van der Waals surface area (Å²) in [6, 6.07) is 9.37. The van der Waals surface area contributed by atoms with Crippen molar-refractivity contribution in [2.45, 2.75) is 63.5 Å². The maximum absolute atomic E-state index is 13.5. The molecule has 3 aromatic heterocycles. The summed E-state index contributed by atoms with van der Waals surface area (Å²) in [5.74, 6) is 2.34. The van der Waals surface area contributed by atoms with Crippen molar-refractivity contribution in [1.29, 1.82) is 0 Å². The van der Waals surface area contributed by atoms with Gasteiger partial charge in [-0.05, 0) is 88.7 Å². The lowest BCUT2D eigenvalue weighted by Gasteiger charge is -2.39. The molecule has 0 atom stereocenters. The standard InChI is InChI=1S/C33H43N7O2/c41-33(40-17-7-28(8-18-40)38-13-1-2-14-38)24-5-15-39(16-6-24)32-29-4-11-34-23-26(29)21-30(37-32)25-3-12-35-31(22-25)36-27-9-19-42-20-10-27/h3-4,11-12,21-24,27-28H,1-2,5-10,13-20H2,(H,35,36). The van der Waals surface area contributed by atoms with Crippen LogP contribution in [0.4, 0.5) is 11.6 Å². The van der Waals surface area contributed by atoms with Crippen LogP contribution in [0.25, 0.3) is 22.0 Å². The van der Waals surface area contributed by atoms with Gasteiger partial charge in [0.15, 0.2) is 0 Å². The number of pyridine rings is 3. The Labute approximate surface area is 248 Å². The lowest BCUT2D eigenvalue weighted by Crippen LogP contribution is -2.49. The van der Waals surface area contributed by atoms with Crippen molar-refractivity contribution in [3.05, 3.63) is 42.9 Å². The van der Waals surface area contributed by atoms with E-state index in [4.69, 9.17) is 9.72 Å². The predicted octanol–water partition coefficient (Wildman–Crippen LogP) is 4.59. The van der Waals surface area contributed by atoms with Crippen LogP contribution in [0.5, 0.6) is 0 Å². The molecule has 4 aliphatic heterocycles. The third-order valence-corrected chi connectivity index (χ3v) is 9.82. The molecule has 3 aromatic rings. The first-order chi connectivity index (χ1) is 20.7. The van der Waals surface area contributed by atoms with Crippen molar-refractivity contribution < 1.29 is 9.53 Å². The number of nitrogens with one attached hydrogen (secondary N) is 1. The zero-order valence-corrected chi connectivity index (χ0v) is 24.6. The summed E-state index contributed by atoms with van der Waals surface area (Å²) in [4.78, 5) is 34.9. The number of rotatable bonds is 6. The third kappa shape index (κ3) is 5.95. The van der Waals surface area contributed by atoms with E-state index in [1.165, 1.54) is 25.9 Å². The number of carbonyl (C=O) groups excluding carboxylic acids is 1. The number of carbonyl (C=O) groups is 1. The fourth-order valence-corrected chi connectivity index (χ4v) is 7.34. The van der Waals surface area contributed by atoms with E-state index < -0.39 is 0 Å². The molecule has 9 nitrogen and oxygen atoms in total. The lowest BCUT2D eigenvalue weighted by atomic mass is 9.93. The molecule has 42 heavy (non-hydrogen) atoms. The monoisotopic (exact) mass is 569 g/mol. The Hall–Kier alpha value is -3.30. The molecule has 1 amide bonds. The van der Waals surface area contributed by atoms with E-state index in [1.54, 1.807) is 0 Å². The van der Waals surface area contributed by atoms with Gasteiger partial charge in [-0.3, -0.25) is 9.78 Å². The van der Waals surface area contributed by atoms with E-state index in [0.29, 0.717) is 18.0 Å². The van der Waals surface area contributed by atoms with Gasteiger partial charge in [-0.2, -0.15) is 0 Å². The molecule has 0 radical (unpaired) electrons. The summed E-state index contributed by atoms with van der Waals surface area (Å²) in [5.41, 5.74) is 1.95. The molecule has 9 heteroatoms. The van der Waals surface area contributed by atoms with Gasteiger partial charge in [-0.1, -0.05) is 0 Å². The molecule has 0 bridgehead atoms. The number of piperidine rings is 2. The second-order valence-corrected chi connectivity index (χ2v) is 12.4. The van der Waals surface area contributed by atoms with Crippen LogP contribution in [0.15, 0.2) is 42.9 Å². The van der Waals surface area contributed by atoms with Gasteiger partial charge in [0.2, 0.25) is 5.91 Å². The average molecular weight is 570 g/mol. The Bertz CT molecular complexity index is 1370. The van der Waals surface area contributed by atoms with Gasteiger partial charge in [-0.15, -0.1) is 0 Å². The largest absolute Gasteiger partial charge is 0.381 e. The van der Waals surface area contributed by atoms with E-state index in [0.717, 1.165) is 112 Å². The highest BCUT2D eigenvalue weighted by molar-refractivity contribution is 5.94. The molecule has 0 unspecified atom stereocenters. The molecule has 7 rings (SSSR count). The van der Waals surface area contributed by atoms with Gasteiger partial charge in [0, 0.05) is 92.3 Å². The zero-order valence-electron chi connectivity index (χ0n) is 24.6. The molecular weight excluding hydrogens is 526 g/mol. The number of ether oxygens (including phenoxy) is 1. The maximum Gasteiger partial charge on any atom is 0.225 e. The number of fused-ring (bicyclic) bond motifs is 1. The average Bonchev–Trinajstić information content (AvgIpc) is 3.60. The van der Waals surface area contributed by atoms with Crippen LogP contribution in [0.2, 0.25) is 0 Å². The van der Waals surface area contributed by atoms with E-state index in [1.807, 2.05) is 24.7 Å². The molecule has 0 saturated carbocycles. The Morgan fingerprint density at radius 3 is 2.45 bits per heavy atom. The van der Waals surface area contributed by atoms with Gasteiger partial charge >= 0.3 is 0 Å². The Balaban J connectivity index is 1.04. The normalized spacial score (nSPS) is 21.7. The number of anilines is 2. The minimum atomic E-state index is 0.111. The zero-order chi connectivity index (χ0) is 28.3. The molecule has 0 aliphatic carbocycles. The van der Waals surface area contributed by atoms with Crippen molar-refractivity contribution in [3.8, 4) is 11.3 Å². The third-order valence-electron chi connectivity index (χ3n) is 9.82. The highest BCUT2D eigenvalue weighted by Crippen LogP contribution is 2.33. The second-order valence-electron chi connectivity index (χ2n) is 12.4. The molecule has 222 valence electrons. The first-order valence-corrected chi connectivity index (χ1v) is 16.0. The Morgan fingerprint density at radius 1 is 0.881 bits per heavy atom.